The monoisotopic (exact) mass is 257 g/mol. The molecule has 0 radical (unpaired) electrons. The van der Waals surface area contributed by atoms with Crippen molar-refractivity contribution >= 4 is 17.9 Å². The number of hydrogen-bond donors (Lipinski definition) is 3. The van der Waals surface area contributed by atoms with Crippen LogP contribution in [0.2, 0.25) is 0 Å². The van der Waals surface area contributed by atoms with Crippen LogP contribution in [-0.4, -0.2) is 53.1 Å². The molecule has 0 bridgehead atoms. The van der Waals surface area contributed by atoms with E-state index in [0.29, 0.717) is 19.4 Å². The van der Waals surface area contributed by atoms with Gasteiger partial charge in [0, 0.05) is 26.1 Å². The lowest BCUT2D eigenvalue weighted by atomic mass is 10.1. The van der Waals surface area contributed by atoms with Gasteiger partial charge in [0.25, 0.3) is 0 Å². The van der Waals surface area contributed by atoms with Crippen molar-refractivity contribution in [2.45, 2.75) is 38.3 Å². The molecule has 0 aromatic rings. The fourth-order valence-electron chi connectivity index (χ4n) is 1.69. The van der Waals surface area contributed by atoms with Crippen molar-refractivity contribution in [3.8, 4) is 0 Å². The van der Waals surface area contributed by atoms with E-state index >= 15 is 0 Å². The number of carboxylic acid groups (broad SMARTS) is 1. The summed E-state index contributed by atoms with van der Waals surface area (Å²) in [6.07, 6.45) is 0.966. The quantitative estimate of drug-likeness (QED) is 0.650. The lowest BCUT2D eigenvalue weighted by molar-refractivity contribution is -0.142. The number of piperidine rings is 1. The lowest BCUT2D eigenvalue weighted by Gasteiger charge is -2.31. The Kier molecular flexibility index (Phi) is 4.15. The summed E-state index contributed by atoms with van der Waals surface area (Å²) in [6.45, 7) is 3.26. The van der Waals surface area contributed by atoms with Gasteiger partial charge in [-0.3, -0.25) is 4.79 Å². The number of rotatable bonds is 3. The Balaban J connectivity index is 2.46. The summed E-state index contributed by atoms with van der Waals surface area (Å²) in [4.78, 5) is 35.3. The number of carboxylic acids is 1. The molecule has 1 aliphatic heterocycles. The molecule has 102 valence electrons. The highest BCUT2D eigenvalue weighted by Gasteiger charge is 2.30. The Labute approximate surface area is 106 Å². The van der Waals surface area contributed by atoms with Crippen LogP contribution in [0.5, 0.6) is 0 Å². The molecule has 0 spiro atoms. The number of carbonyl (C=O) groups excluding carboxylic acids is 2. The SMILES string of the molecule is CN1CC(NC(=O)NC(C)(C)C(=O)O)CCC1=O. The third-order valence-corrected chi connectivity index (χ3v) is 2.92. The van der Waals surface area contributed by atoms with Gasteiger partial charge >= 0.3 is 12.0 Å². The molecule has 1 heterocycles. The number of urea groups is 1. The molecule has 7 nitrogen and oxygen atoms in total. The van der Waals surface area contributed by atoms with E-state index in [-0.39, 0.29) is 11.9 Å². The zero-order valence-corrected chi connectivity index (χ0v) is 10.8. The molecule has 3 N–H and O–H groups in total. The Morgan fingerprint density at radius 3 is 2.56 bits per heavy atom. The summed E-state index contributed by atoms with van der Waals surface area (Å²) in [7, 11) is 1.68. The van der Waals surface area contributed by atoms with Crippen LogP contribution in [0.1, 0.15) is 26.7 Å². The van der Waals surface area contributed by atoms with E-state index in [1.165, 1.54) is 13.8 Å². The first-order chi connectivity index (χ1) is 8.22. The molecule has 7 heteroatoms. The highest BCUT2D eigenvalue weighted by atomic mass is 16.4. The molecule has 0 saturated carbocycles. The van der Waals surface area contributed by atoms with E-state index in [1.54, 1.807) is 11.9 Å². The predicted molar refractivity (Wildman–Crippen MR) is 64.0 cm³/mol. The largest absolute Gasteiger partial charge is 0.480 e. The van der Waals surface area contributed by atoms with E-state index in [4.69, 9.17) is 5.11 Å². The summed E-state index contributed by atoms with van der Waals surface area (Å²) in [5.74, 6) is -1.05. The molecule has 1 aliphatic rings. The number of carbonyl (C=O) groups is 3. The molecule has 1 atom stereocenters. The zero-order chi connectivity index (χ0) is 13.9. The van der Waals surface area contributed by atoms with E-state index in [1.807, 2.05) is 0 Å². The molecule has 0 aliphatic carbocycles. The maximum Gasteiger partial charge on any atom is 0.328 e. The first kappa shape index (κ1) is 14.3. The van der Waals surface area contributed by atoms with Crippen molar-refractivity contribution in [2.24, 2.45) is 0 Å². The molecule has 3 amide bonds. The first-order valence-electron chi connectivity index (χ1n) is 5.78. The fraction of sp³-hybridized carbons (Fsp3) is 0.727. The average Bonchev–Trinajstić information content (AvgIpc) is 2.22. The van der Waals surface area contributed by atoms with Gasteiger partial charge in [-0.1, -0.05) is 0 Å². The van der Waals surface area contributed by atoms with E-state index in [9.17, 15) is 14.4 Å². The smallest absolute Gasteiger partial charge is 0.328 e. The topological polar surface area (TPSA) is 98.7 Å². The number of nitrogens with one attached hydrogen (secondary N) is 2. The van der Waals surface area contributed by atoms with Crippen molar-refractivity contribution in [2.75, 3.05) is 13.6 Å². The molecule has 18 heavy (non-hydrogen) atoms. The highest BCUT2D eigenvalue weighted by molar-refractivity contribution is 5.85. The summed E-state index contributed by atoms with van der Waals surface area (Å²) in [6, 6.07) is -0.674. The van der Waals surface area contributed by atoms with Gasteiger partial charge in [0.05, 0.1) is 0 Å². The molecule has 1 rings (SSSR count). The van der Waals surface area contributed by atoms with Crippen molar-refractivity contribution in [3.63, 3.8) is 0 Å². The van der Waals surface area contributed by atoms with Gasteiger partial charge in [-0.2, -0.15) is 0 Å². The van der Waals surface area contributed by atoms with Crippen LogP contribution in [0.3, 0.4) is 0 Å². The number of amides is 3. The summed E-state index contributed by atoms with van der Waals surface area (Å²) in [5.41, 5.74) is -1.32. The second-order valence-corrected chi connectivity index (χ2v) is 5.04. The molecular formula is C11H19N3O4. The fourth-order valence-corrected chi connectivity index (χ4v) is 1.69. The molecular weight excluding hydrogens is 238 g/mol. The first-order valence-corrected chi connectivity index (χ1v) is 5.78. The average molecular weight is 257 g/mol. The Morgan fingerprint density at radius 1 is 1.44 bits per heavy atom. The Morgan fingerprint density at radius 2 is 2.06 bits per heavy atom. The van der Waals surface area contributed by atoms with Gasteiger partial charge in [0.15, 0.2) is 0 Å². The van der Waals surface area contributed by atoms with Gasteiger partial charge in [0.2, 0.25) is 5.91 Å². The minimum atomic E-state index is -1.32. The predicted octanol–water partition coefficient (Wildman–Crippen LogP) is -0.230. The van der Waals surface area contributed by atoms with Crippen LogP contribution in [0.15, 0.2) is 0 Å². The van der Waals surface area contributed by atoms with E-state index in [2.05, 4.69) is 10.6 Å². The van der Waals surface area contributed by atoms with Crippen molar-refractivity contribution < 1.29 is 19.5 Å². The van der Waals surface area contributed by atoms with Crippen LogP contribution >= 0.6 is 0 Å². The van der Waals surface area contributed by atoms with Crippen molar-refractivity contribution in [1.29, 1.82) is 0 Å². The highest BCUT2D eigenvalue weighted by Crippen LogP contribution is 2.09. The van der Waals surface area contributed by atoms with Crippen LogP contribution in [-0.2, 0) is 9.59 Å². The number of likely N-dealkylation sites (N-methyl/N-ethyl adjacent to an activating group) is 1. The van der Waals surface area contributed by atoms with Crippen molar-refractivity contribution in [1.82, 2.24) is 15.5 Å². The summed E-state index contributed by atoms with van der Waals surface area (Å²) < 4.78 is 0. The summed E-state index contributed by atoms with van der Waals surface area (Å²) in [5, 5.41) is 13.9. The third kappa shape index (κ3) is 3.61. The normalized spacial score (nSPS) is 20.5. The number of aliphatic carboxylic acids is 1. The molecule has 1 saturated heterocycles. The van der Waals surface area contributed by atoms with Gasteiger partial charge in [0.1, 0.15) is 5.54 Å². The van der Waals surface area contributed by atoms with Crippen LogP contribution < -0.4 is 10.6 Å². The van der Waals surface area contributed by atoms with Crippen molar-refractivity contribution in [3.05, 3.63) is 0 Å². The Bertz CT molecular complexity index is 367. The van der Waals surface area contributed by atoms with Crippen LogP contribution in [0, 0.1) is 0 Å². The van der Waals surface area contributed by atoms with Gasteiger partial charge in [-0.05, 0) is 20.3 Å². The van der Waals surface area contributed by atoms with E-state index < -0.39 is 17.5 Å². The second-order valence-electron chi connectivity index (χ2n) is 5.04. The number of likely N-dealkylation sites (tertiary alicyclic amines) is 1. The standard InChI is InChI=1S/C11H19N3O4/c1-11(2,9(16)17)13-10(18)12-7-4-5-8(15)14(3)6-7/h7H,4-6H2,1-3H3,(H,16,17)(H2,12,13,18). The maximum absolute atomic E-state index is 11.6. The summed E-state index contributed by atoms with van der Waals surface area (Å²) >= 11 is 0. The second kappa shape index (κ2) is 5.24. The van der Waals surface area contributed by atoms with Gasteiger partial charge in [-0.25, -0.2) is 9.59 Å². The molecule has 1 unspecified atom stereocenters. The van der Waals surface area contributed by atoms with Crippen LogP contribution in [0.4, 0.5) is 4.79 Å². The van der Waals surface area contributed by atoms with Crippen LogP contribution in [0.25, 0.3) is 0 Å². The minimum Gasteiger partial charge on any atom is -0.480 e. The van der Waals surface area contributed by atoms with E-state index in [0.717, 1.165) is 0 Å². The molecule has 0 aromatic carbocycles. The lowest BCUT2D eigenvalue weighted by Crippen LogP contribution is -2.57. The number of nitrogens with zero attached hydrogens (tertiary/aromatic N) is 1. The molecule has 0 aromatic heterocycles. The minimum absolute atomic E-state index is 0.0549. The molecule has 1 fully saturated rings. The Hall–Kier alpha value is -1.79. The number of hydrogen-bond acceptors (Lipinski definition) is 3. The third-order valence-electron chi connectivity index (χ3n) is 2.92. The maximum atomic E-state index is 11.6. The van der Waals surface area contributed by atoms with Gasteiger partial charge < -0.3 is 20.6 Å². The zero-order valence-electron chi connectivity index (χ0n) is 10.8. The van der Waals surface area contributed by atoms with Gasteiger partial charge in [-0.15, -0.1) is 0 Å².